The van der Waals surface area contributed by atoms with Gasteiger partial charge >= 0.3 is 0 Å². The number of hydroxylamine groups is 2. The molecule has 0 aliphatic carbocycles. The third kappa shape index (κ3) is 5.32. The number of hydrogen-bond acceptors (Lipinski definition) is 6. The summed E-state index contributed by atoms with van der Waals surface area (Å²) in [6, 6.07) is 25.8. The number of benzene rings is 3. The predicted molar refractivity (Wildman–Crippen MR) is 134 cm³/mol. The molecule has 1 heterocycles. The van der Waals surface area contributed by atoms with Crippen LogP contribution in [0.3, 0.4) is 0 Å². The number of aromatic nitrogens is 2. The lowest BCUT2D eigenvalue weighted by molar-refractivity contribution is 0.0205. The van der Waals surface area contributed by atoms with Crippen LogP contribution in [0.25, 0.3) is 28.2 Å². The lowest BCUT2D eigenvalue weighted by Crippen LogP contribution is -2.16. The van der Waals surface area contributed by atoms with E-state index < -0.39 is 10.0 Å². The zero-order valence-corrected chi connectivity index (χ0v) is 19.9. The van der Waals surface area contributed by atoms with E-state index in [2.05, 4.69) is 0 Å². The molecule has 4 rings (SSSR count). The van der Waals surface area contributed by atoms with E-state index in [4.69, 9.17) is 22.5 Å². The minimum atomic E-state index is -3.78. The average Bonchev–Trinajstić information content (AvgIpc) is 3.25. The molecule has 0 aliphatic heterocycles. The third-order valence-corrected chi connectivity index (χ3v) is 7.20. The number of thiocarbonyl (C=S) groups is 1. The molecule has 0 saturated carbocycles. The fraction of sp³-hybridized carbons (Fsp3) is 0.0435. The first kappa shape index (κ1) is 23.1. The van der Waals surface area contributed by atoms with E-state index in [1.54, 1.807) is 16.8 Å². The van der Waals surface area contributed by atoms with E-state index >= 15 is 0 Å². The molecule has 10 heteroatoms. The van der Waals surface area contributed by atoms with Crippen LogP contribution in [0.15, 0.2) is 94.7 Å². The number of hydrogen-bond donors (Lipinski definition) is 2. The fourth-order valence-corrected chi connectivity index (χ4v) is 4.58. The lowest BCUT2D eigenvalue weighted by atomic mass is 10.1. The van der Waals surface area contributed by atoms with Gasteiger partial charge in [0.05, 0.1) is 22.0 Å². The van der Waals surface area contributed by atoms with E-state index in [0.717, 1.165) is 32.5 Å². The van der Waals surface area contributed by atoms with Gasteiger partial charge in [-0.3, -0.25) is 5.21 Å². The SMILES string of the molecule is CN(O)C(=S)Sc1ccc(-c2cc(-c3ccccc3)n(-c3ccc(S(N)(=O)=O)cc3)n2)cc1. The Morgan fingerprint density at radius 1 is 1.00 bits per heavy atom. The van der Waals surface area contributed by atoms with E-state index in [0.29, 0.717) is 10.0 Å². The van der Waals surface area contributed by atoms with Crippen molar-refractivity contribution in [2.75, 3.05) is 7.05 Å². The van der Waals surface area contributed by atoms with Crippen LogP contribution >= 0.6 is 24.0 Å². The molecule has 0 atom stereocenters. The Hall–Kier alpha value is -3.02. The van der Waals surface area contributed by atoms with Gasteiger partial charge in [0.2, 0.25) is 10.0 Å². The Bertz CT molecular complexity index is 1380. The minimum absolute atomic E-state index is 0.0411. The summed E-state index contributed by atoms with van der Waals surface area (Å²) in [6.45, 7) is 0. The molecule has 3 N–H and O–H groups in total. The number of primary sulfonamides is 1. The Morgan fingerprint density at radius 3 is 2.21 bits per heavy atom. The first-order chi connectivity index (χ1) is 15.7. The van der Waals surface area contributed by atoms with Gasteiger partial charge in [-0.2, -0.15) is 5.10 Å². The highest BCUT2D eigenvalue weighted by atomic mass is 32.2. The zero-order valence-electron chi connectivity index (χ0n) is 17.5. The van der Waals surface area contributed by atoms with Gasteiger partial charge in [-0.1, -0.05) is 66.4 Å². The Kier molecular flexibility index (Phi) is 6.63. The summed E-state index contributed by atoms with van der Waals surface area (Å²) < 4.78 is 25.4. The molecule has 0 bridgehead atoms. The smallest absolute Gasteiger partial charge is 0.238 e. The molecule has 0 unspecified atom stereocenters. The molecule has 1 aromatic heterocycles. The van der Waals surface area contributed by atoms with E-state index in [1.807, 2.05) is 60.7 Å². The van der Waals surface area contributed by atoms with Crippen LogP contribution in [0, 0.1) is 0 Å². The van der Waals surface area contributed by atoms with Crippen LogP contribution in [-0.2, 0) is 10.0 Å². The second kappa shape index (κ2) is 9.46. The minimum Gasteiger partial charge on any atom is -0.287 e. The molecule has 0 fully saturated rings. The second-order valence-corrected chi connectivity index (χ2v) is 10.4. The van der Waals surface area contributed by atoms with Gasteiger partial charge in [0, 0.05) is 23.1 Å². The second-order valence-electron chi connectivity index (χ2n) is 7.15. The Labute approximate surface area is 201 Å². The van der Waals surface area contributed by atoms with Crippen LogP contribution in [-0.4, -0.2) is 39.8 Å². The van der Waals surface area contributed by atoms with Gasteiger partial charge in [0.25, 0.3) is 0 Å². The van der Waals surface area contributed by atoms with Crippen molar-refractivity contribution in [3.05, 3.63) is 84.9 Å². The van der Waals surface area contributed by atoms with Crippen LogP contribution in [0.1, 0.15) is 0 Å². The van der Waals surface area contributed by atoms with Crippen LogP contribution < -0.4 is 5.14 Å². The molecule has 4 aromatic rings. The number of nitrogens with zero attached hydrogens (tertiary/aromatic N) is 3. The number of rotatable bonds is 5. The van der Waals surface area contributed by atoms with Crippen LogP contribution in [0.5, 0.6) is 0 Å². The summed E-state index contributed by atoms with van der Waals surface area (Å²) in [5.41, 5.74) is 4.18. The maximum atomic E-state index is 11.6. The van der Waals surface area contributed by atoms with Gasteiger partial charge in [-0.05, 0) is 42.5 Å². The van der Waals surface area contributed by atoms with Gasteiger partial charge in [0.15, 0.2) is 4.32 Å². The van der Waals surface area contributed by atoms with Crippen LogP contribution in [0.2, 0.25) is 0 Å². The van der Waals surface area contributed by atoms with Gasteiger partial charge < -0.3 is 0 Å². The fourth-order valence-electron chi connectivity index (χ4n) is 3.17. The first-order valence-electron chi connectivity index (χ1n) is 9.76. The zero-order chi connectivity index (χ0) is 23.6. The van der Waals surface area contributed by atoms with Crippen LogP contribution in [0.4, 0.5) is 0 Å². The summed E-state index contributed by atoms with van der Waals surface area (Å²) >= 11 is 6.41. The maximum absolute atomic E-state index is 11.6. The Morgan fingerprint density at radius 2 is 1.64 bits per heavy atom. The highest BCUT2D eigenvalue weighted by Crippen LogP contribution is 2.30. The summed E-state index contributed by atoms with van der Waals surface area (Å²) in [6.07, 6.45) is 0. The molecule has 3 aromatic carbocycles. The highest BCUT2D eigenvalue weighted by molar-refractivity contribution is 8.22. The normalized spacial score (nSPS) is 11.4. The molecule has 0 spiro atoms. The largest absolute Gasteiger partial charge is 0.287 e. The molecule has 0 radical (unpaired) electrons. The Balaban J connectivity index is 1.74. The molecular formula is C23H20N4O3S3. The molecule has 33 heavy (non-hydrogen) atoms. The summed E-state index contributed by atoms with van der Waals surface area (Å²) in [5.74, 6) is 0. The van der Waals surface area contributed by atoms with Gasteiger partial charge in [-0.15, -0.1) is 0 Å². The van der Waals surface area contributed by atoms with Crippen molar-refractivity contribution in [1.82, 2.24) is 14.8 Å². The van der Waals surface area contributed by atoms with Crippen molar-refractivity contribution < 1.29 is 13.6 Å². The van der Waals surface area contributed by atoms with E-state index in [1.165, 1.54) is 30.9 Å². The van der Waals surface area contributed by atoms with Crippen molar-refractivity contribution in [1.29, 1.82) is 0 Å². The topological polar surface area (TPSA) is 101 Å². The summed E-state index contributed by atoms with van der Waals surface area (Å²) in [4.78, 5) is 0.936. The highest BCUT2D eigenvalue weighted by Gasteiger charge is 2.15. The molecule has 0 aliphatic rings. The summed E-state index contributed by atoms with van der Waals surface area (Å²) in [5, 5.41) is 20.4. The average molecular weight is 497 g/mol. The van der Waals surface area contributed by atoms with Crippen molar-refractivity contribution in [2.45, 2.75) is 9.79 Å². The van der Waals surface area contributed by atoms with Crippen molar-refractivity contribution in [2.24, 2.45) is 5.14 Å². The quantitative estimate of drug-likeness (QED) is 0.237. The van der Waals surface area contributed by atoms with E-state index in [9.17, 15) is 13.6 Å². The number of thioether (sulfide) groups is 1. The lowest BCUT2D eigenvalue weighted by Gasteiger charge is -2.10. The maximum Gasteiger partial charge on any atom is 0.238 e. The number of sulfonamides is 1. The van der Waals surface area contributed by atoms with Gasteiger partial charge in [-0.25, -0.2) is 23.3 Å². The molecule has 0 saturated heterocycles. The molecular weight excluding hydrogens is 476 g/mol. The van der Waals surface area contributed by atoms with Crippen molar-refractivity contribution >= 4 is 38.3 Å². The first-order valence-corrected chi connectivity index (χ1v) is 12.5. The summed E-state index contributed by atoms with van der Waals surface area (Å²) in [7, 11) is -2.30. The van der Waals surface area contributed by atoms with Crippen molar-refractivity contribution in [3.8, 4) is 28.2 Å². The van der Waals surface area contributed by atoms with E-state index in [-0.39, 0.29) is 4.90 Å². The molecule has 0 amide bonds. The third-order valence-electron chi connectivity index (χ3n) is 4.81. The number of nitrogens with two attached hydrogens (primary N) is 1. The molecule has 7 nitrogen and oxygen atoms in total. The molecule has 168 valence electrons. The van der Waals surface area contributed by atoms with Crippen molar-refractivity contribution in [3.63, 3.8) is 0 Å². The predicted octanol–water partition coefficient (Wildman–Crippen LogP) is 4.55. The van der Waals surface area contributed by atoms with Gasteiger partial charge in [0.1, 0.15) is 0 Å². The standard InChI is InChI=1S/C23H20N4O3S3/c1-26(28)23(31)32-19-11-7-16(8-12-19)21-15-22(17-5-3-2-4-6-17)27(25-21)18-9-13-20(14-10-18)33(24,29)30/h2-15,28H,1H3,(H2,24,29,30). The monoisotopic (exact) mass is 496 g/mol.